The van der Waals surface area contributed by atoms with Gasteiger partial charge in [0.2, 0.25) is 5.88 Å². The molecule has 0 spiro atoms. The van der Waals surface area contributed by atoms with E-state index in [9.17, 15) is 4.79 Å². The zero-order chi connectivity index (χ0) is 14.5. The maximum absolute atomic E-state index is 11.4. The molecule has 0 aliphatic carbocycles. The van der Waals surface area contributed by atoms with Crippen LogP contribution in [0.1, 0.15) is 23.0 Å². The summed E-state index contributed by atoms with van der Waals surface area (Å²) in [5.74, 6) is 0.0830. The Morgan fingerprint density at radius 2 is 2.15 bits per heavy atom. The molecule has 2 rings (SSSR count). The maximum atomic E-state index is 11.4. The van der Waals surface area contributed by atoms with Crippen LogP contribution in [0.2, 0.25) is 0 Å². The first kappa shape index (κ1) is 13.8. The zero-order valence-electron chi connectivity index (χ0n) is 11.3. The molecule has 0 bridgehead atoms. The minimum absolute atomic E-state index is 0.0775. The number of rotatable bonds is 4. The number of hydrogen-bond donors (Lipinski definition) is 1. The van der Waals surface area contributed by atoms with Gasteiger partial charge >= 0.3 is 5.97 Å². The molecule has 2 aromatic rings. The lowest BCUT2D eigenvalue weighted by atomic mass is 10.1. The molecule has 6 nitrogen and oxygen atoms in total. The summed E-state index contributed by atoms with van der Waals surface area (Å²) >= 11 is 0. The number of aryl methyl sites for hydroxylation is 1. The lowest BCUT2D eigenvalue weighted by Gasteiger charge is -2.09. The smallest absolute Gasteiger partial charge is 0.358 e. The number of esters is 1. The Morgan fingerprint density at radius 1 is 1.35 bits per heavy atom. The van der Waals surface area contributed by atoms with Crippen molar-refractivity contribution in [3.05, 3.63) is 41.9 Å². The monoisotopic (exact) mass is 273 g/mol. The van der Waals surface area contributed by atoms with Crippen LogP contribution in [0.25, 0.3) is 0 Å². The number of nitrogens with two attached hydrogens (primary N) is 1. The summed E-state index contributed by atoms with van der Waals surface area (Å²) in [6, 6.07) is 5.52. The van der Waals surface area contributed by atoms with Crippen LogP contribution in [0, 0.1) is 0 Å². The van der Waals surface area contributed by atoms with Gasteiger partial charge in [0.15, 0.2) is 11.4 Å². The van der Waals surface area contributed by atoms with Crippen molar-refractivity contribution in [2.75, 3.05) is 12.8 Å². The van der Waals surface area contributed by atoms with Gasteiger partial charge in [-0.2, -0.15) is 0 Å². The molecule has 2 N–H and O–H groups in total. The number of nitrogen functional groups attached to an aromatic ring is 1. The van der Waals surface area contributed by atoms with Crippen molar-refractivity contribution in [2.24, 2.45) is 0 Å². The van der Waals surface area contributed by atoms with E-state index in [1.54, 1.807) is 6.07 Å². The molecule has 20 heavy (non-hydrogen) atoms. The second-order valence-electron chi connectivity index (χ2n) is 4.06. The molecular formula is C14H15N3O3. The summed E-state index contributed by atoms with van der Waals surface area (Å²) in [7, 11) is 1.28. The molecule has 1 heterocycles. The van der Waals surface area contributed by atoms with Gasteiger partial charge in [-0.25, -0.2) is 9.78 Å². The third-order valence-corrected chi connectivity index (χ3v) is 2.70. The molecule has 0 unspecified atom stereocenters. The number of anilines is 1. The van der Waals surface area contributed by atoms with Crippen LogP contribution in [-0.4, -0.2) is 23.0 Å². The van der Waals surface area contributed by atoms with Crippen molar-refractivity contribution < 1.29 is 14.3 Å². The maximum Gasteiger partial charge on any atom is 0.358 e. The van der Waals surface area contributed by atoms with Crippen LogP contribution in [0.4, 0.5) is 5.69 Å². The molecular weight excluding hydrogens is 258 g/mol. The number of nitrogens with zero attached hydrogens (tertiary/aromatic N) is 2. The van der Waals surface area contributed by atoms with Gasteiger partial charge in [-0.1, -0.05) is 13.0 Å². The highest BCUT2D eigenvalue weighted by atomic mass is 16.5. The fraction of sp³-hybridized carbons (Fsp3) is 0.214. The van der Waals surface area contributed by atoms with Gasteiger partial charge in [0.1, 0.15) is 0 Å². The Labute approximate surface area is 116 Å². The van der Waals surface area contributed by atoms with E-state index in [2.05, 4.69) is 14.7 Å². The molecule has 0 saturated heterocycles. The first-order valence-corrected chi connectivity index (χ1v) is 6.10. The molecule has 0 saturated carbocycles. The van der Waals surface area contributed by atoms with Gasteiger partial charge in [0.25, 0.3) is 0 Å². The Balaban J connectivity index is 2.24. The van der Waals surface area contributed by atoms with Crippen LogP contribution >= 0.6 is 0 Å². The van der Waals surface area contributed by atoms with Gasteiger partial charge < -0.3 is 15.2 Å². The van der Waals surface area contributed by atoms with E-state index in [0.717, 1.165) is 12.0 Å². The van der Waals surface area contributed by atoms with Crippen LogP contribution in [0.5, 0.6) is 11.6 Å². The molecule has 0 fully saturated rings. The van der Waals surface area contributed by atoms with Crippen molar-refractivity contribution >= 4 is 11.7 Å². The van der Waals surface area contributed by atoms with Gasteiger partial charge in [-0.05, 0) is 24.1 Å². The first-order chi connectivity index (χ1) is 9.63. The van der Waals surface area contributed by atoms with Crippen LogP contribution in [-0.2, 0) is 11.2 Å². The highest BCUT2D eigenvalue weighted by Gasteiger charge is 2.10. The molecule has 6 heteroatoms. The van der Waals surface area contributed by atoms with Gasteiger partial charge in [-0.15, -0.1) is 0 Å². The van der Waals surface area contributed by atoms with Crippen LogP contribution in [0.15, 0.2) is 30.6 Å². The summed E-state index contributed by atoms with van der Waals surface area (Å²) in [5.41, 5.74) is 7.61. The molecule has 0 radical (unpaired) electrons. The number of ether oxygens (including phenoxy) is 2. The number of hydrogen-bond acceptors (Lipinski definition) is 6. The molecule has 0 atom stereocenters. The highest BCUT2D eigenvalue weighted by molar-refractivity contribution is 5.86. The topological polar surface area (TPSA) is 87.3 Å². The van der Waals surface area contributed by atoms with Crippen molar-refractivity contribution in [1.29, 1.82) is 0 Å². The normalized spacial score (nSPS) is 10.1. The van der Waals surface area contributed by atoms with Crippen LogP contribution < -0.4 is 10.5 Å². The minimum atomic E-state index is -0.572. The average molecular weight is 273 g/mol. The van der Waals surface area contributed by atoms with E-state index < -0.39 is 5.97 Å². The highest BCUT2D eigenvalue weighted by Crippen LogP contribution is 2.27. The lowest BCUT2D eigenvalue weighted by Crippen LogP contribution is -2.05. The second kappa shape index (κ2) is 6.01. The fourth-order valence-corrected chi connectivity index (χ4v) is 1.62. The number of carbonyl (C=O) groups excluding carboxylic acids is 1. The standard InChI is InChI=1S/C14H15N3O3/c1-3-9-4-5-12(10(15)6-9)20-13-8-16-7-11(17-13)14(18)19-2/h4-8H,3,15H2,1-2H3. The quantitative estimate of drug-likeness (QED) is 0.678. The molecule has 0 amide bonds. The summed E-state index contributed by atoms with van der Waals surface area (Å²) in [4.78, 5) is 19.3. The van der Waals surface area contributed by atoms with Gasteiger partial charge in [-0.3, -0.25) is 4.98 Å². The lowest BCUT2D eigenvalue weighted by molar-refractivity contribution is 0.0592. The molecule has 0 aliphatic rings. The summed E-state index contributed by atoms with van der Waals surface area (Å²) < 4.78 is 10.1. The van der Waals surface area contributed by atoms with Crippen LogP contribution in [0.3, 0.4) is 0 Å². The summed E-state index contributed by atoms with van der Waals surface area (Å²) in [5, 5.41) is 0. The predicted octanol–water partition coefficient (Wildman–Crippen LogP) is 2.20. The Hall–Kier alpha value is -2.63. The van der Waals surface area contributed by atoms with E-state index in [4.69, 9.17) is 10.5 Å². The third-order valence-electron chi connectivity index (χ3n) is 2.70. The Bertz CT molecular complexity index is 629. The number of benzene rings is 1. The second-order valence-corrected chi connectivity index (χ2v) is 4.06. The Kier molecular flexibility index (Phi) is 4.14. The Morgan fingerprint density at radius 3 is 2.80 bits per heavy atom. The van der Waals surface area contributed by atoms with E-state index in [-0.39, 0.29) is 11.6 Å². The summed E-state index contributed by atoms with van der Waals surface area (Å²) in [6.07, 6.45) is 3.60. The fourth-order valence-electron chi connectivity index (χ4n) is 1.62. The van der Waals surface area contributed by atoms with E-state index in [1.807, 2.05) is 19.1 Å². The molecule has 104 valence electrons. The number of methoxy groups -OCH3 is 1. The first-order valence-electron chi connectivity index (χ1n) is 6.10. The number of carbonyl (C=O) groups is 1. The largest absolute Gasteiger partial charge is 0.464 e. The van der Waals surface area contributed by atoms with Gasteiger partial charge in [0.05, 0.1) is 25.2 Å². The number of aromatic nitrogens is 2. The van der Waals surface area contributed by atoms with Crippen molar-refractivity contribution in [3.8, 4) is 11.6 Å². The molecule has 1 aromatic heterocycles. The molecule has 0 aliphatic heterocycles. The van der Waals surface area contributed by atoms with Gasteiger partial charge in [0, 0.05) is 0 Å². The van der Waals surface area contributed by atoms with E-state index >= 15 is 0 Å². The average Bonchev–Trinajstić information content (AvgIpc) is 2.48. The predicted molar refractivity (Wildman–Crippen MR) is 73.7 cm³/mol. The minimum Gasteiger partial charge on any atom is -0.464 e. The molecule has 1 aromatic carbocycles. The van der Waals surface area contributed by atoms with Crippen molar-refractivity contribution in [2.45, 2.75) is 13.3 Å². The van der Waals surface area contributed by atoms with Crippen molar-refractivity contribution in [3.63, 3.8) is 0 Å². The zero-order valence-corrected chi connectivity index (χ0v) is 11.3. The van der Waals surface area contributed by atoms with Crippen molar-refractivity contribution in [1.82, 2.24) is 9.97 Å². The summed E-state index contributed by atoms with van der Waals surface area (Å²) in [6.45, 7) is 2.04. The van der Waals surface area contributed by atoms with E-state index in [1.165, 1.54) is 19.5 Å². The SMILES string of the molecule is CCc1ccc(Oc2cncc(C(=O)OC)n2)c(N)c1. The van der Waals surface area contributed by atoms with E-state index in [0.29, 0.717) is 11.4 Å². The third kappa shape index (κ3) is 3.03.